The Labute approximate surface area is 108 Å². The molecule has 0 aromatic heterocycles. The van der Waals surface area contributed by atoms with Crippen LogP contribution in [0.5, 0.6) is 0 Å². The van der Waals surface area contributed by atoms with Crippen molar-refractivity contribution in [3.05, 3.63) is 59.9 Å². The van der Waals surface area contributed by atoms with Crippen LogP contribution in [0.25, 0.3) is 0 Å². The molecular formula is C14H11FO2S. The predicted octanol–water partition coefficient (Wildman–Crippen LogP) is 3.60. The molecule has 0 aliphatic heterocycles. The van der Waals surface area contributed by atoms with E-state index in [0.717, 1.165) is 15.4 Å². The van der Waals surface area contributed by atoms with E-state index >= 15 is 0 Å². The van der Waals surface area contributed by atoms with E-state index in [9.17, 15) is 9.18 Å². The smallest absolute Gasteiger partial charge is 0.307 e. The van der Waals surface area contributed by atoms with E-state index in [1.54, 1.807) is 24.3 Å². The number of benzene rings is 2. The summed E-state index contributed by atoms with van der Waals surface area (Å²) in [5.74, 6) is -1.09. The molecule has 0 fully saturated rings. The van der Waals surface area contributed by atoms with Gasteiger partial charge in [0.2, 0.25) is 0 Å². The zero-order valence-electron chi connectivity index (χ0n) is 9.47. The molecule has 4 heteroatoms. The number of carbonyl (C=O) groups is 1. The van der Waals surface area contributed by atoms with Gasteiger partial charge in [0.05, 0.1) is 6.42 Å². The Balaban J connectivity index is 2.06. The SMILES string of the molecule is O=C(O)Cc1ccc(Sc2ccc(F)cc2)cc1. The van der Waals surface area contributed by atoms with Crippen LogP contribution in [0.2, 0.25) is 0 Å². The molecule has 2 rings (SSSR count). The van der Waals surface area contributed by atoms with Gasteiger partial charge in [0.25, 0.3) is 0 Å². The molecule has 0 aliphatic rings. The van der Waals surface area contributed by atoms with Crippen molar-refractivity contribution in [1.82, 2.24) is 0 Å². The minimum Gasteiger partial charge on any atom is -0.481 e. The summed E-state index contributed by atoms with van der Waals surface area (Å²) < 4.78 is 12.7. The summed E-state index contributed by atoms with van der Waals surface area (Å²) in [4.78, 5) is 12.5. The van der Waals surface area contributed by atoms with Crippen LogP contribution in [-0.2, 0) is 11.2 Å². The van der Waals surface area contributed by atoms with Gasteiger partial charge in [0, 0.05) is 9.79 Å². The molecule has 92 valence electrons. The molecule has 0 spiro atoms. The zero-order valence-corrected chi connectivity index (χ0v) is 10.3. The molecule has 0 unspecified atom stereocenters. The third-order valence-electron chi connectivity index (χ3n) is 2.33. The lowest BCUT2D eigenvalue weighted by atomic mass is 10.2. The second-order valence-corrected chi connectivity index (χ2v) is 4.92. The number of hydrogen-bond donors (Lipinski definition) is 1. The largest absolute Gasteiger partial charge is 0.481 e. The maximum absolute atomic E-state index is 12.7. The molecule has 2 aromatic carbocycles. The minimum atomic E-state index is -0.839. The van der Waals surface area contributed by atoms with Crippen LogP contribution in [0.1, 0.15) is 5.56 Å². The molecule has 0 bridgehead atoms. The Morgan fingerprint density at radius 3 is 2.00 bits per heavy atom. The summed E-state index contributed by atoms with van der Waals surface area (Å²) in [6.45, 7) is 0. The van der Waals surface area contributed by atoms with E-state index in [1.807, 2.05) is 12.1 Å². The molecule has 0 saturated carbocycles. The first-order valence-electron chi connectivity index (χ1n) is 5.37. The van der Waals surface area contributed by atoms with Crippen LogP contribution in [0.3, 0.4) is 0 Å². The van der Waals surface area contributed by atoms with Crippen molar-refractivity contribution in [3.63, 3.8) is 0 Å². The van der Waals surface area contributed by atoms with Gasteiger partial charge in [-0.25, -0.2) is 4.39 Å². The molecule has 0 saturated heterocycles. The van der Waals surface area contributed by atoms with Crippen LogP contribution < -0.4 is 0 Å². The molecule has 0 radical (unpaired) electrons. The Morgan fingerprint density at radius 2 is 1.50 bits per heavy atom. The van der Waals surface area contributed by atoms with Crippen molar-refractivity contribution < 1.29 is 14.3 Å². The van der Waals surface area contributed by atoms with Crippen molar-refractivity contribution in [2.75, 3.05) is 0 Å². The molecule has 0 amide bonds. The van der Waals surface area contributed by atoms with Gasteiger partial charge < -0.3 is 5.11 Å². The Bertz CT molecular complexity index is 535. The molecule has 2 aromatic rings. The average molecular weight is 262 g/mol. The predicted molar refractivity (Wildman–Crippen MR) is 68.3 cm³/mol. The maximum atomic E-state index is 12.7. The third-order valence-corrected chi connectivity index (χ3v) is 3.34. The van der Waals surface area contributed by atoms with Gasteiger partial charge in [-0.3, -0.25) is 4.79 Å². The summed E-state index contributed by atoms with van der Waals surface area (Å²) in [5.41, 5.74) is 0.769. The number of aliphatic carboxylic acids is 1. The lowest BCUT2D eigenvalue weighted by Crippen LogP contribution is -1.99. The molecule has 1 N–H and O–H groups in total. The van der Waals surface area contributed by atoms with E-state index in [4.69, 9.17) is 5.11 Å². The highest BCUT2D eigenvalue weighted by Crippen LogP contribution is 2.27. The molecule has 0 aliphatic carbocycles. The fourth-order valence-corrected chi connectivity index (χ4v) is 2.31. The minimum absolute atomic E-state index is 0.0293. The van der Waals surface area contributed by atoms with E-state index in [0.29, 0.717) is 0 Å². The zero-order chi connectivity index (χ0) is 13.0. The normalized spacial score (nSPS) is 10.3. The van der Waals surface area contributed by atoms with Crippen LogP contribution in [0.4, 0.5) is 4.39 Å². The second kappa shape index (κ2) is 5.69. The highest BCUT2D eigenvalue weighted by molar-refractivity contribution is 7.99. The molecule has 2 nitrogen and oxygen atoms in total. The van der Waals surface area contributed by atoms with Crippen molar-refractivity contribution >= 4 is 17.7 Å². The monoisotopic (exact) mass is 262 g/mol. The first kappa shape index (κ1) is 12.6. The maximum Gasteiger partial charge on any atom is 0.307 e. The highest BCUT2D eigenvalue weighted by atomic mass is 32.2. The number of halogens is 1. The Kier molecular flexibility index (Phi) is 3.99. The first-order valence-corrected chi connectivity index (χ1v) is 6.19. The topological polar surface area (TPSA) is 37.3 Å². The summed E-state index contributed by atoms with van der Waals surface area (Å²) in [6.07, 6.45) is 0.0293. The summed E-state index contributed by atoms with van der Waals surface area (Å²) >= 11 is 1.51. The van der Waals surface area contributed by atoms with Gasteiger partial charge in [-0.05, 0) is 42.0 Å². The van der Waals surface area contributed by atoms with Gasteiger partial charge in [0.15, 0.2) is 0 Å². The van der Waals surface area contributed by atoms with E-state index in [1.165, 1.54) is 23.9 Å². The third kappa shape index (κ3) is 3.60. The quantitative estimate of drug-likeness (QED) is 0.914. The summed E-state index contributed by atoms with van der Waals surface area (Å²) in [7, 11) is 0. The van der Waals surface area contributed by atoms with Crippen LogP contribution in [0.15, 0.2) is 58.3 Å². The Morgan fingerprint density at radius 1 is 1.00 bits per heavy atom. The van der Waals surface area contributed by atoms with E-state index in [2.05, 4.69) is 0 Å². The van der Waals surface area contributed by atoms with Crippen molar-refractivity contribution in [2.45, 2.75) is 16.2 Å². The summed E-state index contributed by atoms with van der Waals surface area (Å²) in [5, 5.41) is 8.66. The number of hydrogen-bond acceptors (Lipinski definition) is 2. The van der Waals surface area contributed by atoms with Gasteiger partial charge in [-0.2, -0.15) is 0 Å². The standard InChI is InChI=1S/C14H11FO2S/c15-11-3-7-13(8-4-11)18-12-5-1-10(2-6-12)9-14(16)17/h1-8H,9H2,(H,16,17). The Hall–Kier alpha value is -1.81. The lowest BCUT2D eigenvalue weighted by Gasteiger charge is -2.03. The molecule has 0 heterocycles. The second-order valence-electron chi connectivity index (χ2n) is 3.77. The molecule has 18 heavy (non-hydrogen) atoms. The van der Waals surface area contributed by atoms with Gasteiger partial charge in [-0.15, -0.1) is 0 Å². The van der Waals surface area contributed by atoms with Crippen LogP contribution in [-0.4, -0.2) is 11.1 Å². The summed E-state index contributed by atoms with van der Waals surface area (Å²) in [6, 6.07) is 13.6. The fraction of sp³-hybridized carbons (Fsp3) is 0.0714. The lowest BCUT2D eigenvalue weighted by molar-refractivity contribution is -0.136. The molecular weight excluding hydrogens is 251 g/mol. The number of carboxylic acids is 1. The molecule has 0 atom stereocenters. The van der Waals surface area contributed by atoms with Crippen LogP contribution >= 0.6 is 11.8 Å². The van der Waals surface area contributed by atoms with Gasteiger partial charge >= 0.3 is 5.97 Å². The highest BCUT2D eigenvalue weighted by Gasteiger charge is 2.01. The first-order chi connectivity index (χ1) is 8.63. The van der Waals surface area contributed by atoms with Crippen molar-refractivity contribution in [3.8, 4) is 0 Å². The van der Waals surface area contributed by atoms with Gasteiger partial charge in [0.1, 0.15) is 5.82 Å². The van der Waals surface area contributed by atoms with Gasteiger partial charge in [-0.1, -0.05) is 23.9 Å². The van der Waals surface area contributed by atoms with E-state index in [-0.39, 0.29) is 12.2 Å². The van der Waals surface area contributed by atoms with E-state index < -0.39 is 5.97 Å². The average Bonchev–Trinajstić information content (AvgIpc) is 2.34. The number of rotatable bonds is 4. The van der Waals surface area contributed by atoms with Crippen molar-refractivity contribution in [1.29, 1.82) is 0 Å². The number of carboxylic acid groups (broad SMARTS) is 1. The van der Waals surface area contributed by atoms with Crippen molar-refractivity contribution in [2.24, 2.45) is 0 Å². The van der Waals surface area contributed by atoms with Crippen LogP contribution in [0, 0.1) is 5.82 Å². The fourth-order valence-electron chi connectivity index (χ4n) is 1.49.